The smallest absolute Gasteiger partial charge is 0.326 e. The number of amides is 1. The van der Waals surface area contributed by atoms with E-state index in [0.29, 0.717) is 28.9 Å². The molecule has 1 N–H and O–H groups in total. The number of aromatic nitrogens is 2. The molecule has 0 atom stereocenters. The highest BCUT2D eigenvalue weighted by atomic mass is 19.4. The van der Waals surface area contributed by atoms with Gasteiger partial charge in [-0.2, -0.15) is 23.0 Å². The summed E-state index contributed by atoms with van der Waals surface area (Å²) in [5.41, 5.74) is 1.35. The van der Waals surface area contributed by atoms with Gasteiger partial charge in [0.15, 0.2) is 0 Å². The van der Waals surface area contributed by atoms with Gasteiger partial charge in [-0.15, -0.1) is 0 Å². The van der Waals surface area contributed by atoms with Crippen LogP contribution in [-0.4, -0.2) is 15.7 Å². The highest BCUT2D eigenvalue weighted by molar-refractivity contribution is 5.91. The molecule has 5 nitrogen and oxygen atoms in total. The standard InChI is InChI=1S/C21H18F3N3O2/c1-3-19(28)25-16-6-4-5-14(11-16)18-12-20(29)27(26-13(18)2)17-9-7-15(8-10-17)21(22,23)24/h4-12H,3H2,1-2H3,(H,25,28). The summed E-state index contributed by atoms with van der Waals surface area (Å²) in [6.45, 7) is 3.45. The Balaban J connectivity index is 1.97. The SMILES string of the molecule is CCC(=O)Nc1cccc(-c2cc(=O)n(-c3ccc(C(F)(F)F)cc3)nc2C)c1. The maximum atomic E-state index is 12.7. The third-order valence-corrected chi connectivity index (χ3v) is 4.33. The second-order valence-electron chi connectivity index (χ2n) is 6.42. The summed E-state index contributed by atoms with van der Waals surface area (Å²) >= 11 is 0. The molecule has 0 aliphatic rings. The van der Waals surface area contributed by atoms with Crippen LogP contribution in [0.25, 0.3) is 16.8 Å². The van der Waals surface area contributed by atoms with Gasteiger partial charge in [0.1, 0.15) is 0 Å². The van der Waals surface area contributed by atoms with Crippen LogP contribution in [0.1, 0.15) is 24.6 Å². The zero-order valence-corrected chi connectivity index (χ0v) is 15.7. The first kappa shape index (κ1) is 20.3. The number of hydrogen-bond donors (Lipinski definition) is 1. The first-order valence-corrected chi connectivity index (χ1v) is 8.88. The zero-order chi connectivity index (χ0) is 21.2. The molecule has 1 amide bonds. The van der Waals surface area contributed by atoms with Gasteiger partial charge in [-0.25, -0.2) is 0 Å². The van der Waals surface area contributed by atoms with Crippen LogP contribution in [0.4, 0.5) is 18.9 Å². The lowest BCUT2D eigenvalue weighted by atomic mass is 10.0. The summed E-state index contributed by atoms with van der Waals surface area (Å²) in [5, 5.41) is 7.01. The van der Waals surface area contributed by atoms with Crippen LogP contribution in [0.15, 0.2) is 59.4 Å². The molecular formula is C21H18F3N3O2. The summed E-state index contributed by atoms with van der Waals surface area (Å²) in [6.07, 6.45) is -4.11. The molecule has 0 spiro atoms. The summed E-state index contributed by atoms with van der Waals surface area (Å²) in [7, 11) is 0. The fourth-order valence-electron chi connectivity index (χ4n) is 2.82. The number of benzene rings is 2. The number of anilines is 1. The van der Waals surface area contributed by atoms with Gasteiger partial charge in [0.05, 0.1) is 16.9 Å². The van der Waals surface area contributed by atoms with Crippen LogP contribution in [0.5, 0.6) is 0 Å². The molecule has 0 bridgehead atoms. The minimum absolute atomic E-state index is 0.130. The summed E-state index contributed by atoms with van der Waals surface area (Å²) < 4.78 is 39.2. The van der Waals surface area contributed by atoms with Gasteiger partial charge >= 0.3 is 6.18 Å². The Morgan fingerprint density at radius 1 is 1.10 bits per heavy atom. The van der Waals surface area contributed by atoms with E-state index in [-0.39, 0.29) is 11.6 Å². The Kier molecular flexibility index (Phi) is 5.54. The molecule has 0 saturated carbocycles. The molecule has 0 aliphatic carbocycles. The number of nitrogens with zero attached hydrogens (tertiary/aromatic N) is 2. The van der Waals surface area contributed by atoms with Gasteiger partial charge in [0.2, 0.25) is 5.91 Å². The number of alkyl halides is 3. The van der Waals surface area contributed by atoms with Gasteiger partial charge in [0.25, 0.3) is 5.56 Å². The van der Waals surface area contributed by atoms with Gasteiger partial charge in [0, 0.05) is 23.7 Å². The quantitative estimate of drug-likeness (QED) is 0.696. The summed E-state index contributed by atoms with van der Waals surface area (Å²) in [6, 6.07) is 12.6. The van der Waals surface area contributed by atoms with E-state index in [0.717, 1.165) is 16.8 Å². The Bertz CT molecular complexity index is 1100. The van der Waals surface area contributed by atoms with Crippen molar-refractivity contribution in [3.63, 3.8) is 0 Å². The Hall–Kier alpha value is -3.42. The van der Waals surface area contributed by atoms with Crippen LogP contribution in [-0.2, 0) is 11.0 Å². The fraction of sp³-hybridized carbons (Fsp3) is 0.190. The number of carbonyl (C=O) groups excluding carboxylic acids is 1. The van der Waals surface area contributed by atoms with Crippen molar-refractivity contribution in [1.82, 2.24) is 9.78 Å². The van der Waals surface area contributed by atoms with E-state index in [9.17, 15) is 22.8 Å². The van der Waals surface area contributed by atoms with Crippen molar-refractivity contribution in [3.05, 3.63) is 76.2 Å². The van der Waals surface area contributed by atoms with E-state index in [2.05, 4.69) is 10.4 Å². The van der Waals surface area contributed by atoms with Crippen LogP contribution >= 0.6 is 0 Å². The maximum Gasteiger partial charge on any atom is 0.416 e. The van der Waals surface area contributed by atoms with Crippen LogP contribution in [0, 0.1) is 6.92 Å². The number of nitrogens with one attached hydrogen (secondary N) is 1. The number of halogens is 3. The molecule has 1 aromatic heterocycles. The third-order valence-electron chi connectivity index (χ3n) is 4.33. The molecule has 3 rings (SSSR count). The van der Waals surface area contributed by atoms with Crippen molar-refractivity contribution in [1.29, 1.82) is 0 Å². The molecule has 0 radical (unpaired) electrons. The highest BCUT2D eigenvalue weighted by Gasteiger charge is 2.30. The number of hydrogen-bond acceptors (Lipinski definition) is 3. The fourth-order valence-corrected chi connectivity index (χ4v) is 2.82. The minimum atomic E-state index is -4.45. The second kappa shape index (κ2) is 7.90. The second-order valence-corrected chi connectivity index (χ2v) is 6.42. The first-order chi connectivity index (χ1) is 13.7. The average Bonchev–Trinajstić information content (AvgIpc) is 2.69. The normalized spacial score (nSPS) is 11.3. The Morgan fingerprint density at radius 2 is 1.79 bits per heavy atom. The highest BCUT2D eigenvalue weighted by Crippen LogP contribution is 2.29. The molecule has 0 unspecified atom stereocenters. The molecule has 0 saturated heterocycles. The van der Waals surface area contributed by atoms with Gasteiger partial charge in [-0.1, -0.05) is 19.1 Å². The molecular weight excluding hydrogens is 383 g/mol. The van der Waals surface area contributed by atoms with Crippen molar-refractivity contribution >= 4 is 11.6 Å². The predicted molar refractivity (Wildman–Crippen MR) is 104 cm³/mol. The summed E-state index contributed by atoms with van der Waals surface area (Å²) in [4.78, 5) is 24.2. The monoisotopic (exact) mass is 401 g/mol. The molecule has 3 aromatic rings. The van der Waals surface area contributed by atoms with Crippen LogP contribution in [0.3, 0.4) is 0 Å². The van der Waals surface area contributed by atoms with E-state index in [1.165, 1.54) is 18.2 Å². The molecule has 0 aliphatic heterocycles. The lowest BCUT2D eigenvalue weighted by molar-refractivity contribution is -0.137. The van der Waals surface area contributed by atoms with E-state index < -0.39 is 17.3 Å². The predicted octanol–water partition coefficient (Wildman–Crippen LogP) is 4.58. The maximum absolute atomic E-state index is 12.7. The molecule has 150 valence electrons. The van der Waals surface area contributed by atoms with Gasteiger partial charge < -0.3 is 5.32 Å². The van der Waals surface area contributed by atoms with Gasteiger partial charge in [-0.05, 0) is 48.9 Å². The zero-order valence-electron chi connectivity index (χ0n) is 15.7. The molecule has 8 heteroatoms. The number of carbonyl (C=O) groups is 1. The average molecular weight is 401 g/mol. The lowest BCUT2D eigenvalue weighted by Crippen LogP contribution is -2.22. The first-order valence-electron chi connectivity index (χ1n) is 8.88. The van der Waals surface area contributed by atoms with Crippen molar-refractivity contribution in [2.24, 2.45) is 0 Å². The molecule has 0 fully saturated rings. The Morgan fingerprint density at radius 3 is 2.41 bits per heavy atom. The van der Waals surface area contributed by atoms with Crippen LogP contribution in [0.2, 0.25) is 0 Å². The van der Waals surface area contributed by atoms with Gasteiger partial charge in [-0.3, -0.25) is 9.59 Å². The van der Waals surface area contributed by atoms with E-state index >= 15 is 0 Å². The van der Waals surface area contributed by atoms with Crippen molar-refractivity contribution in [2.75, 3.05) is 5.32 Å². The Labute approximate surface area is 164 Å². The third kappa shape index (κ3) is 4.53. The van der Waals surface area contributed by atoms with Crippen molar-refractivity contribution < 1.29 is 18.0 Å². The van der Waals surface area contributed by atoms with Crippen molar-refractivity contribution in [3.8, 4) is 16.8 Å². The van der Waals surface area contributed by atoms with Crippen LogP contribution < -0.4 is 10.9 Å². The van der Waals surface area contributed by atoms with E-state index in [4.69, 9.17) is 0 Å². The topological polar surface area (TPSA) is 64.0 Å². The van der Waals surface area contributed by atoms with E-state index in [1.807, 2.05) is 0 Å². The number of aryl methyl sites for hydroxylation is 1. The van der Waals surface area contributed by atoms with E-state index in [1.54, 1.807) is 38.1 Å². The number of rotatable bonds is 4. The van der Waals surface area contributed by atoms with Crippen molar-refractivity contribution in [2.45, 2.75) is 26.4 Å². The molecule has 29 heavy (non-hydrogen) atoms. The molecule has 2 aromatic carbocycles. The minimum Gasteiger partial charge on any atom is -0.326 e. The summed E-state index contributed by atoms with van der Waals surface area (Å²) in [5.74, 6) is -0.130. The lowest BCUT2D eigenvalue weighted by Gasteiger charge is -2.12. The largest absolute Gasteiger partial charge is 0.416 e. The molecule has 1 heterocycles.